The topological polar surface area (TPSA) is 34.1 Å². The first-order chi connectivity index (χ1) is 15.7. The van der Waals surface area contributed by atoms with E-state index < -0.39 is 5.41 Å². The van der Waals surface area contributed by atoms with Gasteiger partial charge in [-0.05, 0) is 40.4 Å². The Balaban J connectivity index is 1.56. The van der Waals surface area contributed by atoms with E-state index >= 15 is 0 Å². The van der Waals surface area contributed by atoms with Gasteiger partial charge in [0.2, 0.25) is 0 Å². The molecule has 2 nitrogen and oxygen atoms in total. The van der Waals surface area contributed by atoms with Crippen molar-refractivity contribution in [3.05, 3.63) is 116 Å². The Morgan fingerprint density at radius 1 is 0.688 bits per heavy atom. The first kappa shape index (κ1) is 18.7. The summed E-state index contributed by atoms with van der Waals surface area (Å²) in [5.74, 6) is 0.154. The first-order valence-electron chi connectivity index (χ1n) is 11.0. The molecule has 3 aliphatic carbocycles. The van der Waals surface area contributed by atoms with Crippen molar-refractivity contribution in [2.24, 2.45) is 11.3 Å². The zero-order valence-corrected chi connectivity index (χ0v) is 18.9. The molecular weight excluding hydrogens is 432 g/mol. The number of rotatable bonds is 2. The van der Waals surface area contributed by atoms with Crippen LogP contribution in [0.25, 0.3) is 0 Å². The van der Waals surface area contributed by atoms with Gasteiger partial charge in [-0.2, -0.15) is 0 Å². The van der Waals surface area contributed by atoms with Gasteiger partial charge < -0.3 is 0 Å². The maximum absolute atomic E-state index is 14.4. The first-order valence-corrected chi connectivity index (χ1v) is 12.8. The van der Waals surface area contributed by atoms with Crippen LogP contribution in [0.1, 0.15) is 59.4 Å². The molecule has 32 heavy (non-hydrogen) atoms. The fraction of sp³-hybridized carbons (Fsp3) is 0.214. The molecule has 0 saturated heterocycles. The van der Waals surface area contributed by atoms with Gasteiger partial charge in [0.15, 0.2) is 11.6 Å². The van der Waals surface area contributed by atoms with Gasteiger partial charge in [-0.3, -0.25) is 9.59 Å². The van der Waals surface area contributed by atoms with E-state index in [2.05, 4.69) is 47.2 Å². The summed E-state index contributed by atoms with van der Waals surface area (Å²) < 4.78 is 0. The summed E-state index contributed by atoms with van der Waals surface area (Å²) in [5.41, 5.74) is 3.32. The minimum Gasteiger partial charge on any atom is -0.294 e. The van der Waals surface area contributed by atoms with E-state index in [0.29, 0.717) is 6.42 Å². The van der Waals surface area contributed by atoms with E-state index in [1.54, 1.807) is 22.7 Å². The van der Waals surface area contributed by atoms with Gasteiger partial charge in [-0.1, -0.05) is 60.7 Å². The van der Waals surface area contributed by atoms with E-state index in [-0.39, 0.29) is 35.2 Å². The van der Waals surface area contributed by atoms with E-state index in [4.69, 9.17) is 0 Å². The van der Waals surface area contributed by atoms with Crippen molar-refractivity contribution in [1.82, 2.24) is 0 Å². The fourth-order valence-corrected chi connectivity index (χ4v) is 8.92. The molecule has 0 aliphatic heterocycles. The van der Waals surface area contributed by atoms with Crippen molar-refractivity contribution in [3.63, 3.8) is 0 Å². The lowest BCUT2D eigenvalue weighted by atomic mass is 9.65. The number of carbonyl (C=O) groups is 2. The van der Waals surface area contributed by atoms with Crippen molar-refractivity contribution in [3.8, 4) is 0 Å². The zero-order valence-electron chi connectivity index (χ0n) is 17.2. The summed E-state index contributed by atoms with van der Waals surface area (Å²) in [6, 6.07) is 24.6. The predicted molar refractivity (Wildman–Crippen MR) is 128 cm³/mol. The lowest BCUT2D eigenvalue weighted by Crippen LogP contribution is -2.38. The molecule has 5 atom stereocenters. The Labute approximate surface area is 194 Å². The fourth-order valence-electron chi connectivity index (χ4n) is 6.97. The third-order valence-corrected chi connectivity index (χ3v) is 9.88. The highest BCUT2D eigenvalue weighted by Crippen LogP contribution is 2.73. The molecule has 1 spiro atoms. The van der Waals surface area contributed by atoms with Crippen LogP contribution >= 0.6 is 22.7 Å². The maximum Gasteiger partial charge on any atom is 0.170 e. The van der Waals surface area contributed by atoms with Crippen molar-refractivity contribution >= 4 is 34.2 Å². The molecule has 1 fully saturated rings. The second kappa shape index (κ2) is 6.60. The lowest BCUT2D eigenvalue weighted by molar-refractivity contribution is 0.0749. The third-order valence-electron chi connectivity index (χ3n) is 7.97. The Morgan fingerprint density at radius 3 is 1.97 bits per heavy atom. The van der Waals surface area contributed by atoms with E-state index in [1.807, 2.05) is 36.4 Å². The van der Waals surface area contributed by atoms with Crippen LogP contribution in [0, 0.1) is 11.3 Å². The van der Waals surface area contributed by atoms with Gasteiger partial charge in [0.1, 0.15) is 0 Å². The molecule has 1 saturated carbocycles. The SMILES string of the molecule is O=C1c2ccccc2[C@@H]2[C@H]1[C@@H](c1cccs1)[C@@]1(Cc3ccccc3C1=O)[C@H]2c1cccs1. The largest absolute Gasteiger partial charge is 0.294 e. The normalized spacial score (nSPS) is 30.0. The highest BCUT2D eigenvalue weighted by atomic mass is 32.1. The Morgan fingerprint density at radius 2 is 1.31 bits per heavy atom. The average molecular weight is 453 g/mol. The van der Waals surface area contributed by atoms with Gasteiger partial charge in [0.05, 0.1) is 5.41 Å². The number of ketones is 2. The average Bonchev–Trinajstić information content (AvgIpc) is 3.62. The van der Waals surface area contributed by atoms with Crippen molar-refractivity contribution in [2.45, 2.75) is 24.2 Å². The van der Waals surface area contributed by atoms with Crippen molar-refractivity contribution < 1.29 is 9.59 Å². The van der Waals surface area contributed by atoms with Crippen LogP contribution in [0.15, 0.2) is 83.6 Å². The van der Waals surface area contributed by atoms with Crippen LogP contribution in [0.2, 0.25) is 0 Å². The predicted octanol–water partition coefficient (Wildman–Crippen LogP) is 6.71. The van der Waals surface area contributed by atoms with Gasteiger partial charge in [0, 0.05) is 44.6 Å². The van der Waals surface area contributed by atoms with Gasteiger partial charge in [-0.15, -0.1) is 22.7 Å². The van der Waals surface area contributed by atoms with Gasteiger partial charge >= 0.3 is 0 Å². The molecule has 4 aromatic rings. The molecule has 2 heterocycles. The molecular formula is C28H20O2S2. The molecule has 7 rings (SSSR count). The molecule has 0 bridgehead atoms. The number of hydrogen-bond acceptors (Lipinski definition) is 4. The number of thiophene rings is 2. The summed E-state index contributed by atoms with van der Waals surface area (Å²) in [5, 5.41) is 4.18. The molecule has 0 amide bonds. The highest BCUT2D eigenvalue weighted by molar-refractivity contribution is 7.10. The summed E-state index contributed by atoms with van der Waals surface area (Å²) >= 11 is 3.42. The van der Waals surface area contributed by atoms with Gasteiger partial charge in [-0.25, -0.2) is 0 Å². The molecule has 0 unspecified atom stereocenters. The Kier molecular flexibility index (Phi) is 3.86. The van der Waals surface area contributed by atoms with Crippen molar-refractivity contribution in [2.75, 3.05) is 0 Å². The minimum atomic E-state index is -0.627. The monoisotopic (exact) mass is 452 g/mol. The Hall–Kier alpha value is -2.82. The molecule has 2 aromatic carbocycles. The lowest BCUT2D eigenvalue weighted by Gasteiger charge is -2.36. The second-order valence-electron chi connectivity index (χ2n) is 9.19. The smallest absolute Gasteiger partial charge is 0.170 e. The quantitative estimate of drug-likeness (QED) is 0.339. The molecule has 0 N–H and O–H groups in total. The van der Waals surface area contributed by atoms with E-state index in [9.17, 15) is 9.59 Å². The van der Waals surface area contributed by atoms with Crippen LogP contribution < -0.4 is 0 Å². The van der Waals surface area contributed by atoms with Crippen LogP contribution in [0.4, 0.5) is 0 Å². The van der Waals surface area contributed by atoms with E-state index in [1.165, 1.54) is 9.75 Å². The summed E-state index contributed by atoms with van der Waals surface area (Å²) in [6.45, 7) is 0. The number of carbonyl (C=O) groups excluding carboxylic acids is 2. The highest BCUT2D eigenvalue weighted by Gasteiger charge is 2.70. The van der Waals surface area contributed by atoms with Crippen molar-refractivity contribution in [1.29, 1.82) is 0 Å². The summed E-state index contributed by atoms with van der Waals surface area (Å²) in [6.07, 6.45) is 0.704. The number of Topliss-reactive ketones (excluding diaryl/α,β-unsaturated/α-hetero) is 2. The van der Waals surface area contributed by atoms with Crippen LogP contribution in [-0.4, -0.2) is 11.6 Å². The van der Waals surface area contributed by atoms with Crippen LogP contribution in [0.5, 0.6) is 0 Å². The zero-order chi connectivity index (χ0) is 21.4. The maximum atomic E-state index is 14.4. The molecule has 4 heteroatoms. The number of benzene rings is 2. The van der Waals surface area contributed by atoms with E-state index in [0.717, 1.165) is 22.3 Å². The number of fused-ring (bicyclic) bond motifs is 4. The molecule has 156 valence electrons. The van der Waals surface area contributed by atoms with Crippen LogP contribution in [-0.2, 0) is 6.42 Å². The Bertz CT molecular complexity index is 1370. The standard InChI is InChI=1S/C28H20O2S2/c29-26-19-10-4-3-9-18(19)22-23(26)25(21-12-6-14-32-21)28(24(22)20-11-5-13-31-20)15-16-7-1-2-8-17(16)27(28)30/h1-14,22-25H,15H2/t22-,23+,24+,25-,28-/m1/s1. The molecule has 0 radical (unpaired) electrons. The van der Waals surface area contributed by atoms with Crippen LogP contribution in [0.3, 0.4) is 0 Å². The minimum absolute atomic E-state index is 0.00731. The second-order valence-corrected chi connectivity index (χ2v) is 11.2. The number of hydrogen-bond donors (Lipinski definition) is 0. The summed E-state index contributed by atoms with van der Waals surface area (Å²) in [7, 11) is 0. The summed E-state index contributed by atoms with van der Waals surface area (Å²) in [4.78, 5) is 30.7. The third kappa shape index (κ3) is 2.19. The molecule has 2 aromatic heterocycles. The molecule has 3 aliphatic rings. The van der Waals surface area contributed by atoms with Gasteiger partial charge in [0.25, 0.3) is 0 Å².